The Kier molecular flexibility index (Phi) is 6.66. The van der Waals surface area contributed by atoms with Crippen molar-refractivity contribution in [1.29, 1.82) is 0 Å². The fourth-order valence-corrected chi connectivity index (χ4v) is 5.81. The van der Waals surface area contributed by atoms with Crippen LogP contribution in [-0.4, -0.2) is 56.3 Å². The molecule has 7 nitrogen and oxygen atoms in total. The molecule has 1 fully saturated rings. The van der Waals surface area contributed by atoms with Crippen molar-refractivity contribution in [2.24, 2.45) is 0 Å². The fourth-order valence-electron chi connectivity index (χ4n) is 3.67. The predicted octanol–water partition coefficient (Wildman–Crippen LogP) is 3.85. The molecular weight excluding hydrogens is 448 g/mol. The van der Waals surface area contributed by atoms with E-state index in [2.05, 4.69) is 4.98 Å². The average molecular weight is 475 g/mol. The number of fused-ring (bicyclic) bond motifs is 1. The Morgan fingerprint density at radius 2 is 1.88 bits per heavy atom. The number of likely N-dealkylation sites (tertiary alicyclic amines) is 1. The molecule has 2 heterocycles. The van der Waals surface area contributed by atoms with Gasteiger partial charge in [0.1, 0.15) is 11.9 Å². The van der Waals surface area contributed by atoms with Gasteiger partial charge in [0.25, 0.3) is 5.19 Å². The number of aryl methyl sites for hydroxylation is 1. The largest absolute Gasteiger partial charge is 0.497 e. The molecule has 0 atom stereocenters. The Hall–Kier alpha value is -2.65. The molecule has 4 rings (SSSR count). The maximum absolute atomic E-state index is 12.6. The first-order valence-electron chi connectivity index (χ1n) is 10.5. The third kappa shape index (κ3) is 5.21. The van der Waals surface area contributed by atoms with Crippen molar-refractivity contribution in [2.75, 3.05) is 26.0 Å². The van der Waals surface area contributed by atoms with Crippen LogP contribution in [0.4, 0.5) is 0 Å². The predicted molar refractivity (Wildman–Crippen MR) is 124 cm³/mol. The second-order valence-corrected chi connectivity index (χ2v) is 11.0. The summed E-state index contributed by atoms with van der Waals surface area (Å²) in [6.07, 6.45) is 1.35. The van der Waals surface area contributed by atoms with E-state index in [9.17, 15) is 13.2 Å². The molecule has 0 unspecified atom stereocenters. The highest BCUT2D eigenvalue weighted by atomic mass is 32.2. The van der Waals surface area contributed by atoms with Gasteiger partial charge in [0, 0.05) is 32.4 Å². The van der Waals surface area contributed by atoms with Crippen LogP contribution in [0.2, 0.25) is 0 Å². The van der Waals surface area contributed by atoms with Crippen LogP contribution in [0.1, 0.15) is 24.8 Å². The topological polar surface area (TPSA) is 85.8 Å². The molecule has 1 aliphatic heterocycles. The summed E-state index contributed by atoms with van der Waals surface area (Å²) in [6, 6.07) is 12.4. The molecule has 1 aromatic heterocycles. The van der Waals surface area contributed by atoms with Gasteiger partial charge < -0.3 is 14.4 Å². The second-order valence-electron chi connectivity index (χ2n) is 7.89. The number of carbonyl (C=O) groups excluding carboxylic acids is 1. The first-order valence-corrected chi connectivity index (χ1v) is 13.0. The number of hydrogen-bond donors (Lipinski definition) is 0. The number of hydrogen-bond acceptors (Lipinski definition) is 7. The van der Waals surface area contributed by atoms with Crippen LogP contribution in [0.25, 0.3) is 10.2 Å². The van der Waals surface area contributed by atoms with Gasteiger partial charge in [-0.25, -0.2) is 13.4 Å². The van der Waals surface area contributed by atoms with Gasteiger partial charge in [-0.15, -0.1) is 0 Å². The van der Waals surface area contributed by atoms with Crippen LogP contribution >= 0.6 is 11.3 Å². The average Bonchev–Trinajstić information content (AvgIpc) is 3.19. The SMILES string of the molecule is COc1ccc2nc(OC3CCN(C(=O)CCS(=O)(=O)c4ccc(C)cc4)CC3)sc2c1. The third-order valence-corrected chi connectivity index (χ3v) is 8.24. The monoisotopic (exact) mass is 474 g/mol. The lowest BCUT2D eigenvalue weighted by molar-refractivity contribution is -0.132. The van der Waals surface area contributed by atoms with Gasteiger partial charge in [0.15, 0.2) is 9.84 Å². The molecular formula is C23H26N2O5S2. The van der Waals surface area contributed by atoms with Gasteiger partial charge in [0.05, 0.1) is 28.0 Å². The lowest BCUT2D eigenvalue weighted by Crippen LogP contribution is -2.42. The van der Waals surface area contributed by atoms with E-state index >= 15 is 0 Å². The van der Waals surface area contributed by atoms with Crippen LogP contribution in [0.5, 0.6) is 10.9 Å². The van der Waals surface area contributed by atoms with Gasteiger partial charge >= 0.3 is 0 Å². The lowest BCUT2D eigenvalue weighted by Gasteiger charge is -2.31. The van der Waals surface area contributed by atoms with Crippen molar-refractivity contribution in [3.05, 3.63) is 48.0 Å². The summed E-state index contributed by atoms with van der Waals surface area (Å²) in [5.41, 5.74) is 1.86. The number of carbonyl (C=O) groups is 1. The van der Waals surface area contributed by atoms with Crippen LogP contribution in [0, 0.1) is 6.92 Å². The standard InChI is InChI=1S/C23H26N2O5S2/c1-16-3-6-19(7-4-16)32(27,28)14-11-22(26)25-12-9-17(10-13-25)30-23-24-20-8-5-18(29-2)15-21(20)31-23/h3-8,15,17H,9-14H2,1-2H3. The first kappa shape index (κ1) is 22.5. The van der Waals surface area contributed by atoms with Crippen molar-refractivity contribution in [2.45, 2.75) is 37.2 Å². The summed E-state index contributed by atoms with van der Waals surface area (Å²) in [5.74, 6) is 0.468. The molecule has 1 amide bonds. The van der Waals surface area contributed by atoms with Gasteiger partial charge in [0.2, 0.25) is 5.91 Å². The molecule has 0 radical (unpaired) electrons. The molecule has 3 aromatic rings. The number of benzene rings is 2. The Labute approximate surface area is 191 Å². The van der Waals surface area contributed by atoms with Gasteiger partial charge in [-0.2, -0.15) is 0 Å². The van der Waals surface area contributed by atoms with E-state index in [1.807, 2.05) is 25.1 Å². The third-order valence-electron chi connectivity index (χ3n) is 5.60. The van der Waals surface area contributed by atoms with E-state index in [4.69, 9.17) is 9.47 Å². The summed E-state index contributed by atoms with van der Waals surface area (Å²) >= 11 is 1.48. The van der Waals surface area contributed by atoms with E-state index in [1.54, 1.807) is 36.3 Å². The highest BCUT2D eigenvalue weighted by Crippen LogP contribution is 2.32. The molecule has 1 saturated heterocycles. The summed E-state index contributed by atoms with van der Waals surface area (Å²) in [4.78, 5) is 19.1. The zero-order valence-electron chi connectivity index (χ0n) is 18.1. The number of ether oxygens (including phenoxy) is 2. The summed E-state index contributed by atoms with van der Waals surface area (Å²) in [6.45, 7) is 3.00. The number of piperidine rings is 1. The molecule has 0 aliphatic carbocycles. The molecule has 32 heavy (non-hydrogen) atoms. The van der Waals surface area contributed by atoms with Crippen LogP contribution in [0.3, 0.4) is 0 Å². The highest BCUT2D eigenvalue weighted by molar-refractivity contribution is 7.91. The molecule has 9 heteroatoms. The molecule has 0 saturated carbocycles. The molecule has 0 bridgehead atoms. The Morgan fingerprint density at radius 3 is 2.56 bits per heavy atom. The van der Waals surface area contributed by atoms with Gasteiger partial charge in [-0.1, -0.05) is 29.0 Å². The van der Waals surface area contributed by atoms with E-state index in [0.717, 1.165) is 21.5 Å². The number of thiazole rings is 1. The lowest BCUT2D eigenvalue weighted by atomic mass is 10.1. The number of sulfone groups is 1. The smallest absolute Gasteiger partial charge is 0.274 e. The number of rotatable bonds is 7. The summed E-state index contributed by atoms with van der Waals surface area (Å²) in [7, 11) is -1.84. The molecule has 1 aliphatic rings. The van der Waals surface area contributed by atoms with E-state index < -0.39 is 9.84 Å². The Balaban J connectivity index is 1.27. The van der Waals surface area contributed by atoms with E-state index in [0.29, 0.717) is 31.1 Å². The highest BCUT2D eigenvalue weighted by Gasteiger charge is 2.26. The number of amides is 1. The molecule has 0 N–H and O–H groups in total. The van der Waals surface area contributed by atoms with Crippen LogP contribution in [-0.2, 0) is 14.6 Å². The fraction of sp³-hybridized carbons (Fsp3) is 0.391. The van der Waals surface area contributed by atoms with Crippen molar-refractivity contribution in [3.8, 4) is 10.9 Å². The maximum Gasteiger partial charge on any atom is 0.274 e. The molecule has 2 aromatic carbocycles. The van der Waals surface area contributed by atoms with Crippen LogP contribution in [0.15, 0.2) is 47.4 Å². The summed E-state index contributed by atoms with van der Waals surface area (Å²) in [5, 5.41) is 0.613. The normalized spacial score (nSPS) is 15.1. The zero-order valence-corrected chi connectivity index (χ0v) is 19.7. The van der Waals surface area contributed by atoms with Gasteiger partial charge in [-0.3, -0.25) is 4.79 Å². The van der Waals surface area contributed by atoms with Gasteiger partial charge in [-0.05, 0) is 37.3 Å². The zero-order chi connectivity index (χ0) is 22.7. The quantitative estimate of drug-likeness (QED) is 0.517. The second kappa shape index (κ2) is 9.46. The minimum Gasteiger partial charge on any atom is -0.497 e. The molecule has 170 valence electrons. The maximum atomic E-state index is 12.6. The number of nitrogens with zero attached hydrogens (tertiary/aromatic N) is 2. The van der Waals surface area contributed by atoms with Crippen molar-refractivity contribution < 1.29 is 22.7 Å². The first-order chi connectivity index (χ1) is 15.3. The minimum absolute atomic E-state index is 0.0125. The Bertz CT molecular complexity index is 1200. The van der Waals surface area contributed by atoms with Crippen molar-refractivity contribution in [3.63, 3.8) is 0 Å². The van der Waals surface area contributed by atoms with E-state index in [-0.39, 0.29) is 29.1 Å². The van der Waals surface area contributed by atoms with E-state index in [1.165, 1.54) is 11.3 Å². The van der Waals surface area contributed by atoms with Crippen LogP contribution < -0.4 is 9.47 Å². The number of methoxy groups -OCH3 is 1. The Morgan fingerprint density at radius 1 is 1.16 bits per heavy atom. The molecule has 0 spiro atoms. The number of aromatic nitrogens is 1. The summed E-state index contributed by atoms with van der Waals surface area (Å²) < 4.78 is 37.3. The minimum atomic E-state index is -3.47. The van der Waals surface area contributed by atoms with Crippen molar-refractivity contribution in [1.82, 2.24) is 9.88 Å². The van der Waals surface area contributed by atoms with Crippen molar-refractivity contribution >= 4 is 37.3 Å².